The van der Waals surface area contributed by atoms with Gasteiger partial charge >= 0.3 is 0 Å². The number of nitro benzene ring substituents is 1. The van der Waals surface area contributed by atoms with E-state index in [4.69, 9.17) is 5.73 Å². The maximum atomic E-state index is 12.9. The Morgan fingerprint density at radius 3 is 2.88 bits per heavy atom. The minimum absolute atomic E-state index is 0.0159. The molecule has 14 heteroatoms. The first-order chi connectivity index (χ1) is 16.4. The average molecular weight is 468 g/mol. The van der Waals surface area contributed by atoms with Gasteiger partial charge in [-0.15, -0.1) is 5.10 Å². The molecule has 0 aliphatic heterocycles. The molecule has 34 heavy (non-hydrogen) atoms. The van der Waals surface area contributed by atoms with Crippen molar-refractivity contribution >= 4 is 23.6 Å². The quantitative estimate of drug-likeness (QED) is 0.280. The van der Waals surface area contributed by atoms with Crippen LogP contribution in [0.25, 0.3) is 5.82 Å². The van der Waals surface area contributed by atoms with Gasteiger partial charge < -0.3 is 5.73 Å². The molecule has 3 aromatic rings. The lowest BCUT2D eigenvalue weighted by molar-refractivity contribution is -0.384. The first-order valence-electron chi connectivity index (χ1n) is 10.7. The number of carbonyl (C=O) groups excluding carboxylic acids is 1. The summed E-state index contributed by atoms with van der Waals surface area (Å²) >= 11 is 0. The highest BCUT2D eigenvalue weighted by Crippen LogP contribution is 2.24. The van der Waals surface area contributed by atoms with Gasteiger partial charge in [0.05, 0.1) is 16.8 Å². The van der Waals surface area contributed by atoms with Crippen LogP contribution in [-0.4, -0.2) is 60.3 Å². The summed E-state index contributed by atoms with van der Waals surface area (Å²) in [7, 11) is 1.99. The largest absolute Gasteiger partial charge is 0.378 e. The molecule has 1 aliphatic rings. The third kappa shape index (κ3) is 5.06. The molecule has 4 rings (SSSR count). The Kier molecular flexibility index (Phi) is 6.87. The molecule has 2 aromatic heterocycles. The Labute approximate surface area is 193 Å². The molecule has 1 saturated carbocycles. The Morgan fingerprint density at radius 2 is 2.18 bits per heavy atom. The summed E-state index contributed by atoms with van der Waals surface area (Å²) in [6.45, 7) is 0.362. The van der Waals surface area contributed by atoms with Crippen molar-refractivity contribution in [1.82, 2.24) is 35.6 Å². The molecule has 0 atom stereocenters. The molecule has 3 N–H and O–H groups in total. The molecule has 0 spiro atoms. The number of benzene rings is 1. The van der Waals surface area contributed by atoms with Crippen LogP contribution in [0.2, 0.25) is 0 Å². The molecule has 2 heterocycles. The van der Waals surface area contributed by atoms with Crippen LogP contribution in [-0.2, 0) is 6.54 Å². The van der Waals surface area contributed by atoms with E-state index in [1.807, 2.05) is 7.05 Å². The number of non-ortho nitro benzene ring substituents is 1. The van der Waals surface area contributed by atoms with Crippen LogP contribution in [0.3, 0.4) is 0 Å². The number of nitrogen functional groups attached to an aromatic ring is 1. The molecule has 178 valence electrons. The standard InChI is InChI=1S/C20H24N10O4/c1-28(14-7-3-2-4-8-14)12-16-17(23-27-29(16)19-18(21)25-34-26-19)20(31)24-22-11-13-6-5-9-15(10-13)30(32)33/h5-6,9-11,14H,2-4,7-8,12H2,1H3,(H2,21,25)(H,24,31)/b22-11+. The highest BCUT2D eigenvalue weighted by Gasteiger charge is 2.27. The number of nitrogens with one attached hydrogen (secondary N) is 1. The van der Waals surface area contributed by atoms with Gasteiger partial charge in [0, 0.05) is 30.3 Å². The second-order valence-corrected chi connectivity index (χ2v) is 8.03. The highest BCUT2D eigenvalue weighted by atomic mass is 16.6. The number of anilines is 1. The van der Waals surface area contributed by atoms with Gasteiger partial charge in [0.2, 0.25) is 11.6 Å². The zero-order valence-electron chi connectivity index (χ0n) is 18.5. The number of carbonyl (C=O) groups is 1. The van der Waals surface area contributed by atoms with Gasteiger partial charge in [-0.3, -0.25) is 19.8 Å². The number of hydrogen-bond donors (Lipinski definition) is 2. The van der Waals surface area contributed by atoms with Crippen molar-refractivity contribution in [3.8, 4) is 5.82 Å². The molecule has 0 radical (unpaired) electrons. The van der Waals surface area contributed by atoms with Crippen molar-refractivity contribution in [2.24, 2.45) is 5.10 Å². The van der Waals surface area contributed by atoms with Gasteiger partial charge in [0.15, 0.2) is 5.69 Å². The van der Waals surface area contributed by atoms with E-state index >= 15 is 0 Å². The molecule has 0 saturated heterocycles. The van der Waals surface area contributed by atoms with Crippen LogP contribution in [0, 0.1) is 10.1 Å². The van der Waals surface area contributed by atoms with Gasteiger partial charge in [-0.05, 0) is 30.2 Å². The Hall–Kier alpha value is -4.20. The fraction of sp³-hybridized carbons (Fsp3) is 0.400. The molecule has 14 nitrogen and oxygen atoms in total. The predicted octanol–water partition coefficient (Wildman–Crippen LogP) is 1.67. The van der Waals surface area contributed by atoms with Crippen molar-refractivity contribution in [2.45, 2.75) is 44.7 Å². The third-order valence-corrected chi connectivity index (χ3v) is 5.73. The predicted molar refractivity (Wildman–Crippen MR) is 120 cm³/mol. The SMILES string of the molecule is CN(Cc1c(C(=O)N/N=C/c2cccc([N+](=O)[O-])c2)nnn1-c1nonc1N)C1CCCCC1. The van der Waals surface area contributed by atoms with Crippen molar-refractivity contribution in [3.63, 3.8) is 0 Å². The molecule has 0 bridgehead atoms. The summed E-state index contributed by atoms with van der Waals surface area (Å²) in [6, 6.07) is 6.24. The van der Waals surface area contributed by atoms with E-state index in [-0.39, 0.29) is 23.0 Å². The molecule has 0 unspecified atom stereocenters. The van der Waals surface area contributed by atoms with Crippen LogP contribution in [0.5, 0.6) is 0 Å². The van der Waals surface area contributed by atoms with E-state index in [9.17, 15) is 14.9 Å². The topological polar surface area (TPSA) is 183 Å². The minimum Gasteiger partial charge on any atom is -0.378 e. The van der Waals surface area contributed by atoms with Crippen molar-refractivity contribution in [3.05, 3.63) is 51.3 Å². The Bertz CT molecular complexity index is 1200. The maximum Gasteiger partial charge on any atom is 0.293 e. The fourth-order valence-electron chi connectivity index (χ4n) is 3.95. The second kappa shape index (κ2) is 10.2. The number of nitrogens with zero attached hydrogens (tertiary/aromatic N) is 8. The summed E-state index contributed by atoms with van der Waals surface area (Å²) in [6.07, 6.45) is 6.99. The summed E-state index contributed by atoms with van der Waals surface area (Å²) in [4.78, 5) is 25.5. The van der Waals surface area contributed by atoms with E-state index in [0.29, 0.717) is 23.8 Å². The van der Waals surface area contributed by atoms with Gasteiger partial charge in [-0.1, -0.05) is 36.6 Å². The van der Waals surface area contributed by atoms with Crippen LogP contribution < -0.4 is 11.2 Å². The minimum atomic E-state index is -0.602. The van der Waals surface area contributed by atoms with Gasteiger partial charge in [-0.2, -0.15) is 9.78 Å². The van der Waals surface area contributed by atoms with Gasteiger partial charge in [0.1, 0.15) is 0 Å². The number of hydrazone groups is 1. The smallest absolute Gasteiger partial charge is 0.293 e. The van der Waals surface area contributed by atoms with Gasteiger partial charge in [-0.25, -0.2) is 10.1 Å². The number of hydrogen-bond acceptors (Lipinski definition) is 11. The number of nitro groups is 1. The zero-order chi connectivity index (χ0) is 24.1. The highest BCUT2D eigenvalue weighted by molar-refractivity contribution is 5.94. The van der Waals surface area contributed by atoms with E-state index < -0.39 is 10.8 Å². The van der Waals surface area contributed by atoms with E-state index in [1.54, 1.807) is 6.07 Å². The lowest BCUT2D eigenvalue weighted by atomic mass is 9.94. The van der Waals surface area contributed by atoms with E-state index in [1.165, 1.54) is 35.5 Å². The summed E-state index contributed by atoms with van der Waals surface area (Å²) in [5, 5.41) is 30.3. The van der Waals surface area contributed by atoms with Crippen LogP contribution in [0.15, 0.2) is 34.0 Å². The van der Waals surface area contributed by atoms with Gasteiger partial charge in [0.25, 0.3) is 11.6 Å². The molecular formula is C20H24N10O4. The van der Waals surface area contributed by atoms with Crippen LogP contribution >= 0.6 is 0 Å². The summed E-state index contributed by atoms with van der Waals surface area (Å²) < 4.78 is 6.02. The van der Waals surface area contributed by atoms with Crippen LogP contribution in [0.4, 0.5) is 11.5 Å². The monoisotopic (exact) mass is 468 g/mol. The van der Waals surface area contributed by atoms with Crippen molar-refractivity contribution in [2.75, 3.05) is 12.8 Å². The number of aromatic nitrogens is 5. The number of amides is 1. The summed E-state index contributed by atoms with van der Waals surface area (Å²) in [5.74, 6) is -0.448. The molecule has 1 amide bonds. The molecule has 1 aliphatic carbocycles. The summed E-state index contributed by atoms with van der Waals surface area (Å²) in [5.41, 5.74) is 9.11. The van der Waals surface area contributed by atoms with Crippen molar-refractivity contribution in [1.29, 1.82) is 0 Å². The molecule has 1 aromatic carbocycles. The number of rotatable bonds is 8. The van der Waals surface area contributed by atoms with E-state index in [2.05, 4.69) is 40.7 Å². The van der Waals surface area contributed by atoms with Crippen molar-refractivity contribution < 1.29 is 14.3 Å². The average Bonchev–Trinajstić information content (AvgIpc) is 3.45. The lowest BCUT2D eigenvalue weighted by Gasteiger charge is -2.31. The van der Waals surface area contributed by atoms with E-state index in [0.717, 1.165) is 25.7 Å². The molecular weight excluding hydrogens is 444 g/mol. The fourth-order valence-corrected chi connectivity index (χ4v) is 3.95. The Balaban J connectivity index is 1.56. The Morgan fingerprint density at radius 1 is 1.38 bits per heavy atom. The first kappa shape index (κ1) is 23.0. The third-order valence-electron chi connectivity index (χ3n) is 5.73. The lowest BCUT2D eigenvalue weighted by Crippen LogP contribution is -2.34. The van der Waals surface area contributed by atoms with Crippen LogP contribution in [0.1, 0.15) is 53.8 Å². The number of nitrogens with two attached hydrogens (primary N) is 1. The molecule has 1 fully saturated rings. The first-order valence-corrected chi connectivity index (χ1v) is 10.7. The normalized spacial score (nSPS) is 14.6. The maximum absolute atomic E-state index is 12.9. The second-order valence-electron chi connectivity index (χ2n) is 8.03. The zero-order valence-corrected chi connectivity index (χ0v) is 18.5.